The summed E-state index contributed by atoms with van der Waals surface area (Å²) < 4.78 is 0. The van der Waals surface area contributed by atoms with Gasteiger partial charge in [-0.25, -0.2) is 0 Å². The van der Waals surface area contributed by atoms with Gasteiger partial charge >= 0.3 is 0 Å². The zero-order valence-corrected chi connectivity index (χ0v) is 9.28. The van der Waals surface area contributed by atoms with Crippen LogP contribution in [0.15, 0.2) is 0 Å². The van der Waals surface area contributed by atoms with Crippen LogP contribution in [0.25, 0.3) is 0 Å². The zero-order chi connectivity index (χ0) is 0. The first-order valence-corrected chi connectivity index (χ1v) is 0. The van der Waals surface area contributed by atoms with Gasteiger partial charge in [0, 0.05) is 60.0 Å². The van der Waals surface area contributed by atoms with Gasteiger partial charge in [-0.1, -0.05) is 0 Å². The first-order valence-electron chi connectivity index (χ1n) is 0. The van der Waals surface area contributed by atoms with Gasteiger partial charge in [-0.15, -0.1) is 0 Å². The SMILES string of the molecule is [CH3-].[Re].[V].[W]. The predicted molar refractivity (Wildman–Crippen MR) is 6.41 cm³/mol. The number of hydrogen-bond donors (Lipinski definition) is 0. The molecule has 0 heterocycles. The van der Waals surface area contributed by atoms with Crippen LogP contribution in [0, 0.1) is 7.43 Å². The molecule has 2 radical (unpaired) electrons. The van der Waals surface area contributed by atoms with Crippen molar-refractivity contribution in [3.63, 3.8) is 0 Å². The smallest absolute Gasteiger partial charge is 0 e. The average molecular weight is 436 g/mol. The van der Waals surface area contributed by atoms with Gasteiger partial charge in [-0.2, -0.15) is 0 Å². The Kier molecular flexibility index (Phi) is 197. The van der Waals surface area contributed by atoms with E-state index in [1.165, 1.54) is 0 Å². The summed E-state index contributed by atoms with van der Waals surface area (Å²) in [4.78, 5) is 0. The molecule has 0 aliphatic carbocycles. The molecule has 4 heavy (non-hydrogen) atoms. The minimum Gasteiger partial charge on any atom is -0.358 e. The Morgan fingerprint density at radius 3 is 1.00 bits per heavy atom. The number of rotatable bonds is 0. The molecule has 0 aromatic rings. The minimum absolute atomic E-state index is 0. The van der Waals surface area contributed by atoms with Crippen LogP contribution in [-0.2, 0) is 60.0 Å². The molecule has 0 aromatic carbocycles. The third-order valence-corrected chi connectivity index (χ3v) is 0. The molecule has 0 aliphatic heterocycles. The molecule has 0 nitrogen and oxygen atoms in total. The van der Waals surface area contributed by atoms with Crippen LogP contribution < -0.4 is 0 Å². The molecule has 0 bridgehead atoms. The predicted octanol–water partition coefficient (Wildman–Crippen LogP) is 0.443. The summed E-state index contributed by atoms with van der Waals surface area (Å²) in [5, 5.41) is 0. The van der Waals surface area contributed by atoms with E-state index in [4.69, 9.17) is 0 Å². The van der Waals surface area contributed by atoms with Crippen molar-refractivity contribution in [2.45, 2.75) is 0 Å². The van der Waals surface area contributed by atoms with Gasteiger partial charge in [0.2, 0.25) is 0 Å². The molecule has 0 rings (SSSR count). The maximum Gasteiger partial charge on any atom is 0 e. The average Bonchev–Trinajstić information content (AvgIpc) is 0. The third-order valence-electron chi connectivity index (χ3n) is 0. The molecule has 0 unspecified atom stereocenters. The number of hydrogen-bond acceptors (Lipinski definition) is 0. The second-order valence-corrected chi connectivity index (χ2v) is 0. The largest absolute Gasteiger partial charge is 0.358 e. The van der Waals surface area contributed by atoms with Crippen LogP contribution in [0.5, 0.6) is 0 Å². The fourth-order valence-corrected chi connectivity index (χ4v) is 0. The Labute approximate surface area is 66.9 Å². The molecular formula is CH3ReVW-. The maximum absolute atomic E-state index is 0. The fraction of sp³-hybridized carbons (Fsp3) is 0. The Morgan fingerprint density at radius 1 is 1.00 bits per heavy atom. The summed E-state index contributed by atoms with van der Waals surface area (Å²) in [5.41, 5.74) is 0. The molecule has 0 aromatic heterocycles. The van der Waals surface area contributed by atoms with Crippen LogP contribution in [0.2, 0.25) is 0 Å². The van der Waals surface area contributed by atoms with Crippen molar-refractivity contribution in [2.24, 2.45) is 0 Å². The molecule has 26 valence electrons. The van der Waals surface area contributed by atoms with Gasteiger partial charge in [-0.3, -0.25) is 0 Å². The van der Waals surface area contributed by atoms with E-state index in [2.05, 4.69) is 0 Å². The van der Waals surface area contributed by atoms with Crippen molar-refractivity contribution in [1.29, 1.82) is 0 Å². The summed E-state index contributed by atoms with van der Waals surface area (Å²) in [6, 6.07) is 0. The molecule has 3 heteroatoms. The quantitative estimate of drug-likeness (QED) is 0.484. The van der Waals surface area contributed by atoms with Crippen LogP contribution in [0.4, 0.5) is 0 Å². The molecule has 0 saturated heterocycles. The molecule has 0 fully saturated rings. The topological polar surface area (TPSA) is 0 Å². The van der Waals surface area contributed by atoms with Crippen molar-refractivity contribution >= 4 is 0 Å². The van der Waals surface area contributed by atoms with Crippen LogP contribution >= 0.6 is 0 Å². The Bertz CT molecular complexity index is 8.00. The first-order chi connectivity index (χ1) is 0. The molecular weight excluding hydrogens is 433 g/mol. The maximum atomic E-state index is 0. The van der Waals surface area contributed by atoms with Crippen LogP contribution in [0.1, 0.15) is 0 Å². The second kappa shape index (κ2) is 20.4. The monoisotopic (exact) mass is 437 g/mol. The van der Waals surface area contributed by atoms with E-state index in [1.807, 2.05) is 0 Å². The summed E-state index contributed by atoms with van der Waals surface area (Å²) in [6.07, 6.45) is 0. The molecule has 0 atom stereocenters. The van der Waals surface area contributed by atoms with E-state index >= 15 is 0 Å². The molecule has 0 aliphatic rings. The first kappa shape index (κ1) is 38.6. The fourth-order valence-electron chi connectivity index (χ4n) is 0. The second-order valence-electron chi connectivity index (χ2n) is 0. The van der Waals surface area contributed by atoms with E-state index in [1.54, 1.807) is 0 Å². The van der Waals surface area contributed by atoms with Crippen molar-refractivity contribution < 1.29 is 60.0 Å². The van der Waals surface area contributed by atoms with E-state index in [9.17, 15) is 0 Å². The van der Waals surface area contributed by atoms with Gasteiger partial charge < -0.3 is 7.43 Å². The normalized spacial score (nSPS) is 0. The molecule has 0 N–H and O–H groups in total. The van der Waals surface area contributed by atoms with Crippen molar-refractivity contribution in [1.82, 2.24) is 0 Å². The minimum atomic E-state index is 0. The van der Waals surface area contributed by atoms with Gasteiger partial charge in [0.1, 0.15) is 0 Å². The third kappa shape index (κ3) is 9.05. The standard InChI is InChI=1S/CH3.Re.V.W/h1H3;;;/q-1;;;. The van der Waals surface area contributed by atoms with Crippen LogP contribution in [-0.4, -0.2) is 0 Å². The molecule has 0 amide bonds. The summed E-state index contributed by atoms with van der Waals surface area (Å²) in [5.74, 6) is 0. The summed E-state index contributed by atoms with van der Waals surface area (Å²) in [6.45, 7) is 0. The van der Waals surface area contributed by atoms with E-state index in [-0.39, 0.29) is 67.5 Å². The van der Waals surface area contributed by atoms with Crippen molar-refractivity contribution in [2.75, 3.05) is 0 Å². The molecule has 0 saturated carbocycles. The van der Waals surface area contributed by atoms with Gasteiger partial charge in [-0.05, 0) is 0 Å². The van der Waals surface area contributed by atoms with Crippen LogP contribution in [0.3, 0.4) is 0 Å². The Morgan fingerprint density at radius 2 is 1.00 bits per heavy atom. The van der Waals surface area contributed by atoms with Crippen molar-refractivity contribution in [3.05, 3.63) is 7.43 Å². The van der Waals surface area contributed by atoms with Gasteiger partial charge in [0.25, 0.3) is 0 Å². The zero-order valence-electron chi connectivity index (χ0n) is 2.23. The summed E-state index contributed by atoms with van der Waals surface area (Å²) in [7, 11) is 0. The van der Waals surface area contributed by atoms with Gasteiger partial charge in [0.05, 0.1) is 0 Å². The van der Waals surface area contributed by atoms with E-state index in [0.29, 0.717) is 0 Å². The summed E-state index contributed by atoms with van der Waals surface area (Å²) >= 11 is 0. The van der Waals surface area contributed by atoms with Gasteiger partial charge in [0.15, 0.2) is 0 Å². The van der Waals surface area contributed by atoms with Crippen molar-refractivity contribution in [3.8, 4) is 0 Å². The van der Waals surface area contributed by atoms with E-state index < -0.39 is 0 Å². The van der Waals surface area contributed by atoms with E-state index in [0.717, 1.165) is 0 Å². The Hall–Kier alpha value is 1.94. The molecule has 0 spiro atoms. The Balaban J connectivity index is 0.